The minimum Gasteiger partial charge on any atom is -0.375 e. The van der Waals surface area contributed by atoms with Crippen molar-refractivity contribution in [1.82, 2.24) is 0 Å². The van der Waals surface area contributed by atoms with Crippen LogP contribution in [0.4, 0.5) is 0 Å². The molecule has 0 radical (unpaired) electrons. The Morgan fingerprint density at radius 2 is 2.00 bits per heavy atom. The summed E-state index contributed by atoms with van der Waals surface area (Å²) in [6.07, 6.45) is 8.94. The molecule has 1 aliphatic carbocycles. The maximum atomic E-state index is 6.75. The third-order valence-corrected chi connectivity index (χ3v) is 8.86. The minimum atomic E-state index is 0.217. The second-order valence-corrected chi connectivity index (χ2v) is 9.35. The highest BCUT2D eigenvalue weighted by Gasteiger charge is 2.44. The number of ether oxygens (including phenoxy) is 1. The maximum Gasteiger partial charge on any atom is 0.0685 e. The van der Waals surface area contributed by atoms with Gasteiger partial charge in [-0.25, -0.2) is 0 Å². The van der Waals surface area contributed by atoms with Gasteiger partial charge in [0.25, 0.3) is 0 Å². The highest BCUT2D eigenvalue weighted by atomic mass is 32.2. The summed E-state index contributed by atoms with van der Waals surface area (Å²) in [6, 6.07) is 0.374. The molecular weight excluding hydrogens is 286 g/mol. The van der Waals surface area contributed by atoms with Crippen molar-refractivity contribution in [3.63, 3.8) is 0 Å². The Hall–Kier alpha value is 0.620. The minimum absolute atomic E-state index is 0.217. The second-order valence-electron chi connectivity index (χ2n) is 6.72. The molecule has 1 saturated carbocycles. The van der Waals surface area contributed by atoms with Crippen LogP contribution in [0, 0.1) is 5.92 Å². The van der Waals surface area contributed by atoms with Crippen LogP contribution in [-0.4, -0.2) is 40.3 Å². The third-order valence-electron chi connectivity index (χ3n) is 5.46. The Balaban J connectivity index is 1.64. The Bertz CT molecular complexity index is 320. The molecule has 4 atom stereocenters. The van der Waals surface area contributed by atoms with E-state index in [1.807, 2.05) is 0 Å². The third kappa shape index (κ3) is 3.18. The molecule has 3 fully saturated rings. The maximum absolute atomic E-state index is 6.75. The normalized spacial score (nSPS) is 39.0. The Labute approximate surface area is 132 Å². The molecule has 4 unspecified atom stereocenters. The molecule has 2 nitrogen and oxygen atoms in total. The lowest BCUT2D eigenvalue weighted by molar-refractivity contribution is -0.0961. The van der Waals surface area contributed by atoms with E-state index in [0.717, 1.165) is 11.9 Å². The summed E-state index contributed by atoms with van der Waals surface area (Å²) in [5.41, 5.74) is 6.97. The lowest BCUT2D eigenvalue weighted by Crippen LogP contribution is -2.51. The molecule has 3 rings (SSSR count). The molecule has 2 aliphatic heterocycles. The van der Waals surface area contributed by atoms with Gasteiger partial charge in [-0.15, -0.1) is 0 Å². The van der Waals surface area contributed by atoms with Crippen LogP contribution < -0.4 is 5.73 Å². The first-order valence-corrected chi connectivity index (χ1v) is 10.5. The van der Waals surface area contributed by atoms with Crippen LogP contribution in [0.3, 0.4) is 0 Å². The summed E-state index contributed by atoms with van der Waals surface area (Å²) in [6.45, 7) is 3.27. The van der Waals surface area contributed by atoms with Crippen molar-refractivity contribution in [3.05, 3.63) is 0 Å². The van der Waals surface area contributed by atoms with Gasteiger partial charge in [-0.05, 0) is 38.0 Å². The summed E-state index contributed by atoms with van der Waals surface area (Å²) < 4.78 is 6.18. The molecule has 0 aromatic heterocycles. The Kier molecular flexibility index (Phi) is 5.28. The lowest BCUT2D eigenvalue weighted by atomic mass is 9.79. The van der Waals surface area contributed by atoms with Gasteiger partial charge in [-0.2, -0.15) is 23.5 Å². The smallest absolute Gasteiger partial charge is 0.0685 e. The van der Waals surface area contributed by atoms with E-state index in [9.17, 15) is 0 Å². The van der Waals surface area contributed by atoms with Crippen molar-refractivity contribution in [3.8, 4) is 0 Å². The van der Waals surface area contributed by atoms with Gasteiger partial charge >= 0.3 is 0 Å². The quantitative estimate of drug-likeness (QED) is 0.861. The first-order valence-electron chi connectivity index (χ1n) is 8.37. The number of hydrogen-bond donors (Lipinski definition) is 1. The average molecular weight is 316 g/mol. The Morgan fingerprint density at radius 3 is 2.75 bits per heavy atom. The van der Waals surface area contributed by atoms with Gasteiger partial charge in [-0.1, -0.05) is 19.8 Å². The number of hydrogen-bond acceptors (Lipinski definition) is 4. The van der Waals surface area contributed by atoms with Crippen molar-refractivity contribution in [2.45, 2.75) is 74.0 Å². The molecule has 4 heteroatoms. The van der Waals surface area contributed by atoms with Crippen LogP contribution in [-0.2, 0) is 4.74 Å². The summed E-state index contributed by atoms with van der Waals surface area (Å²) >= 11 is 4.30. The standard InChI is InChI=1S/C16H29NOS2/c1-2-13-15(20-10-9-19-13)14(17)12-5-8-18-16(11-12)6-3-4-7-16/h12-15H,2-11,17H2,1H3. The zero-order chi connectivity index (χ0) is 14.0. The van der Waals surface area contributed by atoms with Crippen LogP contribution in [0.25, 0.3) is 0 Å². The Morgan fingerprint density at radius 1 is 1.25 bits per heavy atom. The fourth-order valence-corrected chi connectivity index (χ4v) is 7.60. The average Bonchev–Trinajstić information content (AvgIpc) is 2.94. The monoisotopic (exact) mass is 315 g/mol. The molecule has 0 bridgehead atoms. The van der Waals surface area contributed by atoms with E-state index in [1.54, 1.807) is 0 Å². The molecule has 116 valence electrons. The summed E-state index contributed by atoms with van der Waals surface area (Å²) in [4.78, 5) is 0. The first-order chi connectivity index (χ1) is 9.74. The van der Waals surface area contributed by atoms with Crippen molar-refractivity contribution < 1.29 is 4.74 Å². The first kappa shape index (κ1) is 15.5. The van der Waals surface area contributed by atoms with Gasteiger partial charge in [0.2, 0.25) is 0 Å². The molecule has 0 amide bonds. The molecule has 3 aliphatic rings. The van der Waals surface area contributed by atoms with E-state index in [1.165, 1.54) is 56.5 Å². The molecule has 0 aromatic rings. The summed E-state index contributed by atoms with van der Waals surface area (Å²) in [5, 5.41) is 1.44. The topological polar surface area (TPSA) is 35.2 Å². The van der Waals surface area contributed by atoms with Crippen molar-refractivity contribution in [1.29, 1.82) is 0 Å². The van der Waals surface area contributed by atoms with Crippen LogP contribution in [0.5, 0.6) is 0 Å². The SMILES string of the molecule is CCC1SCCSC1C(N)C1CCOC2(CCCC2)C1. The molecule has 20 heavy (non-hydrogen) atoms. The summed E-state index contributed by atoms with van der Waals surface area (Å²) in [7, 11) is 0. The predicted molar refractivity (Wildman–Crippen MR) is 90.6 cm³/mol. The van der Waals surface area contributed by atoms with Gasteiger partial charge in [-0.3, -0.25) is 0 Å². The fraction of sp³-hybridized carbons (Fsp3) is 1.00. The molecular formula is C16H29NOS2. The number of nitrogens with two attached hydrogens (primary N) is 1. The van der Waals surface area contributed by atoms with Gasteiger partial charge in [0, 0.05) is 34.7 Å². The van der Waals surface area contributed by atoms with Gasteiger partial charge in [0.05, 0.1) is 5.60 Å². The van der Waals surface area contributed by atoms with Crippen molar-refractivity contribution in [2.24, 2.45) is 11.7 Å². The van der Waals surface area contributed by atoms with E-state index in [4.69, 9.17) is 10.5 Å². The van der Waals surface area contributed by atoms with Crippen molar-refractivity contribution >= 4 is 23.5 Å². The van der Waals surface area contributed by atoms with E-state index >= 15 is 0 Å². The second kappa shape index (κ2) is 6.80. The van der Waals surface area contributed by atoms with Crippen LogP contribution in [0.15, 0.2) is 0 Å². The highest BCUT2D eigenvalue weighted by Crippen LogP contribution is 2.45. The number of rotatable bonds is 3. The van der Waals surface area contributed by atoms with E-state index in [2.05, 4.69) is 30.4 Å². The predicted octanol–water partition coefficient (Wildman–Crippen LogP) is 3.68. The highest BCUT2D eigenvalue weighted by molar-refractivity contribution is 8.07. The fourth-order valence-electron chi connectivity index (χ4n) is 4.33. The molecule has 1 spiro atoms. The van der Waals surface area contributed by atoms with Crippen LogP contribution in [0.1, 0.15) is 51.9 Å². The molecule has 0 aromatic carbocycles. The largest absolute Gasteiger partial charge is 0.375 e. The molecule has 2 N–H and O–H groups in total. The number of thioether (sulfide) groups is 2. The van der Waals surface area contributed by atoms with E-state index in [-0.39, 0.29) is 5.60 Å². The van der Waals surface area contributed by atoms with E-state index < -0.39 is 0 Å². The van der Waals surface area contributed by atoms with Crippen LogP contribution >= 0.6 is 23.5 Å². The zero-order valence-electron chi connectivity index (χ0n) is 12.7. The zero-order valence-corrected chi connectivity index (χ0v) is 14.3. The van der Waals surface area contributed by atoms with Crippen LogP contribution in [0.2, 0.25) is 0 Å². The van der Waals surface area contributed by atoms with Crippen molar-refractivity contribution in [2.75, 3.05) is 18.1 Å². The van der Waals surface area contributed by atoms with Gasteiger partial charge in [0.1, 0.15) is 0 Å². The van der Waals surface area contributed by atoms with Gasteiger partial charge < -0.3 is 10.5 Å². The molecule has 2 saturated heterocycles. The summed E-state index contributed by atoms with van der Waals surface area (Å²) in [5.74, 6) is 3.28. The molecule has 2 heterocycles. The lowest BCUT2D eigenvalue weighted by Gasteiger charge is -2.44. The van der Waals surface area contributed by atoms with Gasteiger partial charge in [0.15, 0.2) is 0 Å². The van der Waals surface area contributed by atoms with E-state index in [0.29, 0.717) is 17.2 Å².